The van der Waals surface area contributed by atoms with Gasteiger partial charge in [-0.1, -0.05) is 31.4 Å². The van der Waals surface area contributed by atoms with Crippen molar-refractivity contribution >= 4 is 0 Å². The number of aliphatic hydroxyl groups is 1. The molecule has 0 aliphatic rings. The van der Waals surface area contributed by atoms with Gasteiger partial charge in [0, 0.05) is 6.54 Å². The molecule has 2 rings (SSSR count). The summed E-state index contributed by atoms with van der Waals surface area (Å²) in [5.74, 6) is 0.708. The normalized spacial score (nSPS) is 11.0. The lowest BCUT2D eigenvalue weighted by Crippen LogP contribution is -2.03. The maximum Gasteiger partial charge on any atom is 0.153 e. The van der Waals surface area contributed by atoms with E-state index in [9.17, 15) is 5.11 Å². The summed E-state index contributed by atoms with van der Waals surface area (Å²) in [5.41, 5.74) is 1.36. The van der Waals surface area contributed by atoms with Crippen molar-refractivity contribution in [2.75, 3.05) is 0 Å². The number of aromatic nitrogens is 3. The maximum atomic E-state index is 9.28. The summed E-state index contributed by atoms with van der Waals surface area (Å²) in [7, 11) is 0. The van der Waals surface area contributed by atoms with Gasteiger partial charge in [0.2, 0.25) is 0 Å². The van der Waals surface area contributed by atoms with Crippen LogP contribution in [0.2, 0.25) is 0 Å². The number of rotatable bonds is 7. The number of aryl methyl sites for hydroxylation is 1. The first-order valence-electron chi connectivity index (χ1n) is 6.44. The zero-order valence-electron chi connectivity index (χ0n) is 10.7. The number of aliphatic hydroxyl groups excluding tert-OH is 1. The lowest BCUT2D eigenvalue weighted by molar-refractivity contribution is 0.277. The third-order valence-corrected chi connectivity index (χ3v) is 2.93. The van der Waals surface area contributed by atoms with Gasteiger partial charge in [-0.05, 0) is 18.6 Å². The van der Waals surface area contributed by atoms with E-state index in [4.69, 9.17) is 4.42 Å². The fraction of sp³-hybridized carbons (Fsp3) is 0.538. The summed E-state index contributed by atoms with van der Waals surface area (Å²) in [6.07, 6.45) is 6.31. The van der Waals surface area contributed by atoms with E-state index in [1.54, 1.807) is 6.26 Å². The van der Waals surface area contributed by atoms with Gasteiger partial charge in [-0.25, -0.2) is 4.68 Å². The first kappa shape index (κ1) is 12.8. The van der Waals surface area contributed by atoms with Crippen molar-refractivity contribution in [1.29, 1.82) is 0 Å². The van der Waals surface area contributed by atoms with Gasteiger partial charge >= 0.3 is 0 Å². The molecule has 0 aliphatic carbocycles. The Labute approximate surface area is 106 Å². The molecule has 5 nitrogen and oxygen atoms in total. The number of unbranched alkanes of at least 4 members (excludes halogenated alkanes) is 3. The standard InChI is InChI=1S/C13H19N3O2/c1-2-3-4-5-8-16-13(11(10-17)14-15-16)12-7-6-9-18-12/h6-7,9,17H,2-5,8,10H2,1H3. The Balaban J connectivity index is 2.13. The zero-order chi connectivity index (χ0) is 12.8. The molecule has 0 atom stereocenters. The smallest absolute Gasteiger partial charge is 0.153 e. The number of hydrogen-bond donors (Lipinski definition) is 1. The van der Waals surface area contributed by atoms with Crippen LogP contribution in [0.25, 0.3) is 11.5 Å². The van der Waals surface area contributed by atoms with Gasteiger partial charge in [0.25, 0.3) is 0 Å². The highest BCUT2D eigenvalue weighted by atomic mass is 16.3. The SMILES string of the molecule is CCCCCCn1nnc(CO)c1-c1ccco1. The van der Waals surface area contributed by atoms with E-state index in [0.29, 0.717) is 11.5 Å². The second-order valence-electron chi connectivity index (χ2n) is 4.30. The highest BCUT2D eigenvalue weighted by Gasteiger charge is 2.16. The first-order valence-corrected chi connectivity index (χ1v) is 6.44. The summed E-state index contributed by atoms with van der Waals surface area (Å²) >= 11 is 0. The molecule has 2 aromatic rings. The van der Waals surface area contributed by atoms with Crippen LogP contribution in [0.1, 0.15) is 38.3 Å². The summed E-state index contributed by atoms with van der Waals surface area (Å²) in [6, 6.07) is 3.69. The molecule has 0 saturated carbocycles. The highest BCUT2D eigenvalue weighted by molar-refractivity contribution is 5.54. The maximum absolute atomic E-state index is 9.28. The van der Waals surface area contributed by atoms with E-state index in [1.807, 2.05) is 16.8 Å². The van der Waals surface area contributed by atoms with Crippen LogP contribution in [0, 0.1) is 0 Å². The van der Waals surface area contributed by atoms with Gasteiger partial charge in [0.05, 0.1) is 12.9 Å². The fourth-order valence-electron chi connectivity index (χ4n) is 1.98. The van der Waals surface area contributed by atoms with E-state index < -0.39 is 0 Å². The molecule has 18 heavy (non-hydrogen) atoms. The molecule has 0 bridgehead atoms. The second kappa shape index (κ2) is 6.35. The van der Waals surface area contributed by atoms with Crippen LogP contribution >= 0.6 is 0 Å². The molecule has 2 heterocycles. The van der Waals surface area contributed by atoms with Crippen LogP contribution < -0.4 is 0 Å². The molecule has 0 aromatic carbocycles. The minimum absolute atomic E-state index is 0.120. The molecule has 1 N–H and O–H groups in total. The lowest BCUT2D eigenvalue weighted by atomic mass is 10.2. The third kappa shape index (κ3) is 2.79. The largest absolute Gasteiger partial charge is 0.463 e. The van der Waals surface area contributed by atoms with E-state index >= 15 is 0 Å². The Kier molecular flexibility index (Phi) is 4.52. The van der Waals surface area contributed by atoms with E-state index in [2.05, 4.69) is 17.2 Å². The van der Waals surface area contributed by atoms with Crippen LogP contribution in [-0.2, 0) is 13.2 Å². The lowest BCUT2D eigenvalue weighted by Gasteiger charge is -2.05. The van der Waals surface area contributed by atoms with Gasteiger partial charge in [-0.2, -0.15) is 0 Å². The Hall–Kier alpha value is -1.62. The summed E-state index contributed by atoms with van der Waals surface area (Å²) in [4.78, 5) is 0. The van der Waals surface area contributed by atoms with Gasteiger partial charge in [-0.3, -0.25) is 0 Å². The van der Waals surface area contributed by atoms with Crippen molar-refractivity contribution in [3.63, 3.8) is 0 Å². The van der Waals surface area contributed by atoms with Crippen molar-refractivity contribution in [3.8, 4) is 11.5 Å². The van der Waals surface area contributed by atoms with Crippen LogP contribution in [-0.4, -0.2) is 20.1 Å². The molecule has 0 saturated heterocycles. The van der Waals surface area contributed by atoms with Gasteiger partial charge in [0.1, 0.15) is 11.4 Å². The molecule has 0 unspecified atom stereocenters. The monoisotopic (exact) mass is 249 g/mol. The molecule has 0 spiro atoms. The van der Waals surface area contributed by atoms with Gasteiger partial charge < -0.3 is 9.52 Å². The van der Waals surface area contributed by atoms with Crippen molar-refractivity contribution in [3.05, 3.63) is 24.1 Å². The molecular weight excluding hydrogens is 230 g/mol. The molecule has 0 aliphatic heterocycles. The molecule has 0 fully saturated rings. The summed E-state index contributed by atoms with van der Waals surface area (Å²) < 4.78 is 7.20. The summed E-state index contributed by atoms with van der Waals surface area (Å²) in [6.45, 7) is 2.88. The topological polar surface area (TPSA) is 64.1 Å². The average Bonchev–Trinajstić information content (AvgIpc) is 3.02. The van der Waals surface area contributed by atoms with Crippen molar-refractivity contribution in [2.45, 2.75) is 45.8 Å². The summed E-state index contributed by atoms with van der Waals surface area (Å²) in [5, 5.41) is 17.4. The Morgan fingerprint density at radius 2 is 2.22 bits per heavy atom. The van der Waals surface area contributed by atoms with Crippen LogP contribution in [0.4, 0.5) is 0 Å². The third-order valence-electron chi connectivity index (χ3n) is 2.93. The average molecular weight is 249 g/mol. The molecule has 5 heteroatoms. The number of hydrogen-bond acceptors (Lipinski definition) is 4. The van der Waals surface area contributed by atoms with Crippen LogP contribution in [0.15, 0.2) is 22.8 Å². The van der Waals surface area contributed by atoms with Crippen molar-refractivity contribution < 1.29 is 9.52 Å². The Morgan fingerprint density at radius 3 is 2.89 bits per heavy atom. The number of nitrogens with zero attached hydrogens (tertiary/aromatic N) is 3. The van der Waals surface area contributed by atoms with E-state index in [-0.39, 0.29) is 6.61 Å². The van der Waals surface area contributed by atoms with Crippen LogP contribution in [0.5, 0.6) is 0 Å². The number of furan rings is 1. The van der Waals surface area contributed by atoms with Gasteiger partial charge in [0.15, 0.2) is 5.76 Å². The predicted octanol–water partition coefficient (Wildman–Crippen LogP) is 2.61. The molecule has 2 aromatic heterocycles. The Bertz CT molecular complexity index is 463. The minimum atomic E-state index is -0.120. The molecule has 0 radical (unpaired) electrons. The highest BCUT2D eigenvalue weighted by Crippen LogP contribution is 2.23. The predicted molar refractivity (Wildman–Crippen MR) is 67.8 cm³/mol. The Morgan fingerprint density at radius 1 is 1.33 bits per heavy atom. The zero-order valence-corrected chi connectivity index (χ0v) is 10.7. The molecule has 0 amide bonds. The van der Waals surface area contributed by atoms with Gasteiger partial charge in [-0.15, -0.1) is 5.10 Å². The van der Waals surface area contributed by atoms with E-state index in [1.165, 1.54) is 19.3 Å². The van der Waals surface area contributed by atoms with Crippen molar-refractivity contribution in [1.82, 2.24) is 15.0 Å². The van der Waals surface area contributed by atoms with Crippen molar-refractivity contribution in [2.24, 2.45) is 0 Å². The molecule has 98 valence electrons. The van der Waals surface area contributed by atoms with E-state index in [0.717, 1.165) is 18.7 Å². The van der Waals surface area contributed by atoms with Crippen LogP contribution in [0.3, 0.4) is 0 Å². The fourth-order valence-corrected chi connectivity index (χ4v) is 1.98. The minimum Gasteiger partial charge on any atom is -0.463 e. The quantitative estimate of drug-likeness (QED) is 0.766. The molecular formula is C13H19N3O2. The second-order valence-corrected chi connectivity index (χ2v) is 4.30. The first-order chi connectivity index (χ1) is 8.86.